The molecule has 0 aliphatic rings. The van der Waals surface area contributed by atoms with Crippen molar-refractivity contribution in [2.75, 3.05) is 5.33 Å². The van der Waals surface area contributed by atoms with E-state index in [1.165, 1.54) is 6.39 Å². The second-order valence-electron chi connectivity index (χ2n) is 3.57. The second-order valence-corrected chi connectivity index (χ2v) is 4.36. The number of aliphatic hydroxyl groups excluding tert-OH is 2. The molecule has 0 aliphatic heterocycles. The van der Waals surface area contributed by atoms with Crippen LogP contribution in [0.3, 0.4) is 0 Å². The molecule has 2 N–H and O–H groups in total. The highest BCUT2D eigenvalue weighted by Gasteiger charge is 2.18. The monoisotopic (exact) mass is 285 g/mol. The molecule has 2 rings (SSSR count). The molecule has 5 heteroatoms. The molecule has 0 radical (unpaired) electrons. The van der Waals surface area contributed by atoms with Crippen LogP contribution >= 0.6 is 15.9 Å². The van der Waals surface area contributed by atoms with Gasteiger partial charge in [0.05, 0.1) is 6.10 Å². The Kier molecular flexibility index (Phi) is 3.58. The number of aliphatic hydroxyl groups is 2. The topological polar surface area (TPSA) is 66.5 Å². The van der Waals surface area contributed by atoms with Crippen LogP contribution in [0.4, 0.5) is 0 Å². The van der Waals surface area contributed by atoms with Crippen LogP contribution in [0.2, 0.25) is 0 Å². The first-order valence-electron chi connectivity index (χ1n) is 4.97. The van der Waals surface area contributed by atoms with Gasteiger partial charge in [-0.25, -0.2) is 4.98 Å². The number of fused-ring (bicyclic) bond motifs is 1. The van der Waals surface area contributed by atoms with Gasteiger partial charge in [0, 0.05) is 5.33 Å². The van der Waals surface area contributed by atoms with E-state index in [0.717, 1.165) is 0 Å². The molecular weight excluding hydrogens is 274 g/mol. The number of hydrogen-bond donors (Lipinski definition) is 2. The van der Waals surface area contributed by atoms with E-state index >= 15 is 0 Å². The predicted octanol–water partition coefficient (Wildman–Crippen LogP) is 2.01. The zero-order chi connectivity index (χ0) is 11.5. The molecule has 0 fully saturated rings. The van der Waals surface area contributed by atoms with Gasteiger partial charge in [-0.2, -0.15) is 0 Å². The quantitative estimate of drug-likeness (QED) is 0.844. The Labute approximate surface area is 101 Å². The molecule has 2 atom stereocenters. The minimum atomic E-state index is -0.890. The zero-order valence-corrected chi connectivity index (χ0v) is 10.1. The Morgan fingerprint density at radius 3 is 2.94 bits per heavy atom. The van der Waals surface area contributed by atoms with Gasteiger partial charge >= 0.3 is 0 Å². The lowest BCUT2D eigenvalue weighted by molar-refractivity contribution is 0.0174. The van der Waals surface area contributed by atoms with Crippen LogP contribution in [0, 0.1) is 0 Å². The molecule has 0 spiro atoms. The summed E-state index contributed by atoms with van der Waals surface area (Å²) in [4.78, 5) is 4.00. The Hall–Kier alpha value is -0.910. The minimum Gasteiger partial charge on any atom is -0.443 e. The maximum absolute atomic E-state index is 9.89. The Bertz CT molecular complexity index is 471. The van der Waals surface area contributed by atoms with Gasteiger partial charge in [-0.3, -0.25) is 0 Å². The largest absolute Gasteiger partial charge is 0.443 e. The average Bonchev–Trinajstić information content (AvgIpc) is 2.75. The Morgan fingerprint density at radius 1 is 1.38 bits per heavy atom. The van der Waals surface area contributed by atoms with E-state index in [2.05, 4.69) is 20.9 Å². The third-order valence-electron chi connectivity index (χ3n) is 2.47. The van der Waals surface area contributed by atoms with E-state index in [0.29, 0.717) is 28.4 Å². The Balaban J connectivity index is 2.24. The molecule has 0 saturated heterocycles. The van der Waals surface area contributed by atoms with Gasteiger partial charge in [0.15, 0.2) is 12.0 Å². The van der Waals surface area contributed by atoms with E-state index in [-0.39, 0.29) is 0 Å². The normalized spacial score (nSPS) is 15.2. The summed E-state index contributed by atoms with van der Waals surface area (Å²) in [6.45, 7) is 0. The van der Waals surface area contributed by atoms with Crippen LogP contribution in [-0.4, -0.2) is 26.6 Å². The average molecular weight is 286 g/mol. The maximum atomic E-state index is 9.89. The molecule has 1 aromatic carbocycles. The third kappa shape index (κ3) is 2.26. The number of oxazole rings is 1. The standard InChI is InChI=1S/C11H12BrNO3/c12-4-3-9(14)11(15)7-1-2-10-8(5-7)13-6-16-10/h1-2,5-6,9,11,14-15H,3-4H2. The van der Waals surface area contributed by atoms with Crippen LogP contribution in [-0.2, 0) is 0 Å². The van der Waals surface area contributed by atoms with E-state index in [1.807, 2.05) is 0 Å². The number of alkyl halides is 1. The summed E-state index contributed by atoms with van der Waals surface area (Å²) < 4.78 is 5.10. The smallest absolute Gasteiger partial charge is 0.181 e. The first-order valence-corrected chi connectivity index (χ1v) is 6.10. The molecule has 1 heterocycles. The molecule has 0 bridgehead atoms. The van der Waals surface area contributed by atoms with Gasteiger partial charge in [0.1, 0.15) is 11.6 Å². The fourth-order valence-electron chi connectivity index (χ4n) is 1.55. The number of halogens is 1. The van der Waals surface area contributed by atoms with Crippen LogP contribution in [0.25, 0.3) is 11.1 Å². The molecule has 16 heavy (non-hydrogen) atoms. The van der Waals surface area contributed by atoms with Crippen LogP contribution in [0.1, 0.15) is 18.1 Å². The fourth-order valence-corrected chi connectivity index (χ4v) is 2.02. The van der Waals surface area contributed by atoms with E-state index in [4.69, 9.17) is 4.42 Å². The fraction of sp³-hybridized carbons (Fsp3) is 0.364. The molecule has 0 aliphatic carbocycles. The summed E-state index contributed by atoms with van der Waals surface area (Å²) >= 11 is 3.23. The van der Waals surface area contributed by atoms with Crippen molar-refractivity contribution in [2.45, 2.75) is 18.6 Å². The van der Waals surface area contributed by atoms with Gasteiger partial charge < -0.3 is 14.6 Å². The van der Waals surface area contributed by atoms with Crippen molar-refractivity contribution in [3.63, 3.8) is 0 Å². The van der Waals surface area contributed by atoms with E-state index in [9.17, 15) is 10.2 Å². The highest BCUT2D eigenvalue weighted by molar-refractivity contribution is 9.09. The van der Waals surface area contributed by atoms with Crippen molar-refractivity contribution >= 4 is 27.0 Å². The van der Waals surface area contributed by atoms with Crippen molar-refractivity contribution in [3.05, 3.63) is 30.2 Å². The lowest BCUT2D eigenvalue weighted by Crippen LogP contribution is -2.18. The summed E-state index contributed by atoms with van der Waals surface area (Å²) in [7, 11) is 0. The highest BCUT2D eigenvalue weighted by Crippen LogP contribution is 2.23. The predicted molar refractivity (Wildman–Crippen MR) is 63.4 cm³/mol. The Morgan fingerprint density at radius 2 is 2.19 bits per heavy atom. The molecule has 2 unspecified atom stereocenters. The SMILES string of the molecule is OC(CCBr)C(O)c1ccc2ocnc2c1. The van der Waals surface area contributed by atoms with Crippen molar-refractivity contribution in [1.82, 2.24) is 4.98 Å². The summed E-state index contributed by atoms with van der Waals surface area (Å²) in [5.41, 5.74) is 2.00. The number of benzene rings is 1. The number of hydrogen-bond acceptors (Lipinski definition) is 4. The zero-order valence-electron chi connectivity index (χ0n) is 8.51. The van der Waals surface area contributed by atoms with Gasteiger partial charge in [0.25, 0.3) is 0 Å². The summed E-state index contributed by atoms with van der Waals surface area (Å²) in [6, 6.07) is 5.19. The van der Waals surface area contributed by atoms with E-state index < -0.39 is 12.2 Å². The molecule has 0 amide bonds. The molecule has 86 valence electrons. The molecule has 0 saturated carbocycles. The lowest BCUT2D eigenvalue weighted by atomic mass is 10.0. The summed E-state index contributed by atoms with van der Waals surface area (Å²) in [5, 5.41) is 20.2. The van der Waals surface area contributed by atoms with Crippen LogP contribution in [0.5, 0.6) is 0 Å². The number of aromatic nitrogens is 1. The number of rotatable bonds is 4. The van der Waals surface area contributed by atoms with Gasteiger partial charge in [-0.05, 0) is 24.1 Å². The van der Waals surface area contributed by atoms with Crippen molar-refractivity contribution < 1.29 is 14.6 Å². The first kappa shape index (κ1) is 11.6. The summed E-state index contributed by atoms with van der Waals surface area (Å²) in [5.74, 6) is 0. The first-order chi connectivity index (χ1) is 7.72. The lowest BCUT2D eigenvalue weighted by Gasteiger charge is -2.16. The molecule has 2 aromatic rings. The van der Waals surface area contributed by atoms with Crippen molar-refractivity contribution in [1.29, 1.82) is 0 Å². The van der Waals surface area contributed by atoms with Crippen molar-refractivity contribution in [3.8, 4) is 0 Å². The van der Waals surface area contributed by atoms with Crippen LogP contribution < -0.4 is 0 Å². The molecule has 1 aromatic heterocycles. The van der Waals surface area contributed by atoms with E-state index in [1.54, 1.807) is 18.2 Å². The molecule has 4 nitrogen and oxygen atoms in total. The number of nitrogens with zero attached hydrogens (tertiary/aromatic N) is 1. The highest BCUT2D eigenvalue weighted by atomic mass is 79.9. The third-order valence-corrected chi connectivity index (χ3v) is 2.92. The maximum Gasteiger partial charge on any atom is 0.181 e. The molecular formula is C11H12BrNO3. The van der Waals surface area contributed by atoms with Gasteiger partial charge in [0.2, 0.25) is 0 Å². The van der Waals surface area contributed by atoms with Crippen molar-refractivity contribution in [2.24, 2.45) is 0 Å². The second kappa shape index (κ2) is 4.95. The summed E-state index contributed by atoms with van der Waals surface area (Å²) in [6.07, 6.45) is 0.190. The van der Waals surface area contributed by atoms with Gasteiger partial charge in [-0.1, -0.05) is 22.0 Å². The minimum absolute atomic E-state index is 0.498. The van der Waals surface area contributed by atoms with Gasteiger partial charge in [-0.15, -0.1) is 0 Å². The van der Waals surface area contributed by atoms with Crippen LogP contribution in [0.15, 0.2) is 29.0 Å².